The van der Waals surface area contributed by atoms with E-state index in [2.05, 4.69) is 50.6 Å². The van der Waals surface area contributed by atoms with E-state index in [0.717, 1.165) is 5.66 Å². The van der Waals surface area contributed by atoms with Crippen molar-refractivity contribution >= 4 is 7.92 Å². The predicted molar refractivity (Wildman–Crippen MR) is 58.4 cm³/mol. The van der Waals surface area contributed by atoms with Crippen LogP contribution in [0.2, 0.25) is 0 Å². The van der Waals surface area contributed by atoms with Crippen molar-refractivity contribution in [3.8, 4) is 0 Å². The van der Waals surface area contributed by atoms with Crippen LogP contribution in [0, 0.1) is 0 Å². The highest BCUT2D eigenvalue weighted by Crippen LogP contribution is 2.33. The molecule has 0 fully saturated rings. The molecule has 0 N–H and O–H groups in total. The minimum atomic E-state index is 0.215. The summed E-state index contributed by atoms with van der Waals surface area (Å²) in [5.41, 5.74) is 2.32. The van der Waals surface area contributed by atoms with Crippen molar-refractivity contribution in [1.82, 2.24) is 0 Å². The molecule has 0 spiro atoms. The fraction of sp³-hybridized carbons (Fsp3) is 0.455. The quantitative estimate of drug-likeness (QED) is 0.626. The van der Waals surface area contributed by atoms with Gasteiger partial charge in [0.05, 0.1) is 0 Å². The standard InChI is InChI=1S/C11H17P/c1-10(12(2)3)9-11-7-5-4-6-8-11/h4-8,10H,9H2,1-3H3. The van der Waals surface area contributed by atoms with Crippen molar-refractivity contribution in [2.75, 3.05) is 13.3 Å². The molecule has 1 unspecified atom stereocenters. The van der Waals surface area contributed by atoms with Gasteiger partial charge in [0.1, 0.15) is 0 Å². The Bertz CT molecular complexity index is 216. The molecule has 0 bridgehead atoms. The summed E-state index contributed by atoms with van der Waals surface area (Å²) < 4.78 is 0. The molecule has 0 aliphatic heterocycles. The monoisotopic (exact) mass is 180 g/mol. The van der Waals surface area contributed by atoms with E-state index in [0.29, 0.717) is 0 Å². The highest BCUT2D eigenvalue weighted by Gasteiger charge is 2.06. The van der Waals surface area contributed by atoms with Crippen LogP contribution in [0.4, 0.5) is 0 Å². The Morgan fingerprint density at radius 1 is 1.17 bits per heavy atom. The van der Waals surface area contributed by atoms with Crippen LogP contribution in [-0.2, 0) is 6.42 Å². The SMILES string of the molecule is CC(Cc1ccccc1)P(C)C. The van der Waals surface area contributed by atoms with E-state index >= 15 is 0 Å². The van der Waals surface area contributed by atoms with Crippen LogP contribution in [0.15, 0.2) is 30.3 Å². The summed E-state index contributed by atoms with van der Waals surface area (Å²) in [6.45, 7) is 7.05. The first-order valence-electron chi connectivity index (χ1n) is 4.40. The van der Waals surface area contributed by atoms with E-state index in [-0.39, 0.29) is 7.92 Å². The van der Waals surface area contributed by atoms with Gasteiger partial charge in [0.2, 0.25) is 0 Å². The largest absolute Gasteiger partial charge is 0.110 e. The van der Waals surface area contributed by atoms with E-state index in [9.17, 15) is 0 Å². The lowest BCUT2D eigenvalue weighted by molar-refractivity contribution is 0.931. The zero-order valence-corrected chi connectivity index (χ0v) is 9.01. The van der Waals surface area contributed by atoms with Gasteiger partial charge < -0.3 is 0 Å². The first-order chi connectivity index (χ1) is 5.70. The summed E-state index contributed by atoms with van der Waals surface area (Å²) >= 11 is 0. The molecule has 12 heavy (non-hydrogen) atoms. The second kappa shape index (κ2) is 4.62. The smallest absolute Gasteiger partial charge is 0.0202 e. The third-order valence-electron chi connectivity index (χ3n) is 2.26. The lowest BCUT2D eigenvalue weighted by atomic mass is 10.1. The maximum atomic E-state index is 2.35. The van der Waals surface area contributed by atoms with Crippen molar-refractivity contribution in [3.05, 3.63) is 35.9 Å². The minimum absolute atomic E-state index is 0.215. The molecule has 1 heteroatoms. The second-order valence-corrected chi connectivity index (χ2v) is 6.31. The molecule has 0 aromatic heterocycles. The van der Waals surface area contributed by atoms with Crippen LogP contribution in [-0.4, -0.2) is 19.0 Å². The molecule has 1 aromatic rings. The zero-order valence-electron chi connectivity index (χ0n) is 8.12. The van der Waals surface area contributed by atoms with Crippen LogP contribution in [0.3, 0.4) is 0 Å². The fourth-order valence-corrected chi connectivity index (χ4v) is 1.71. The van der Waals surface area contributed by atoms with Crippen LogP contribution in [0.5, 0.6) is 0 Å². The lowest BCUT2D eigenvalue weighted by Gasteiger charge is -2.15. The van der Waals surface area contributed by atoms with Crippen molar-refractivity contribution in [2.45, 2.75) is 19.0 Å². The van der Waals surface area contributed by atoms with E-state index in [1.54, 1.807) is 0 Å². The van der Waals surface area contributed by atoms with E-state index in [1.165, 1.54) is 12.0 Å². The topological polar surface area (TPSA) is 0 Å². The second-order valence-electron chi connectivity index (χ2n) is 3.50. The zero-order chi connectivity index (χ0) is 8.97. The fourth-order valence-electron chi connectivity index (χ4n) is 1.14. The molecule has 1 rings (SSSR count). The summed E-state index contributed by atoms with van der Waals surface area (Å²) in [7, 11) is 0.215. The van der Waals surface area contributed by atoms with Gasteiger partial charge >= 0.3 is 0 Å². The van der Waals surface area contributed by atoms with Crippen LogP contribution < -0.4 is 0 Å². The Kier molecular flexibility index (Phi) is 3.75. The van der Waals surface area contributed by atoms with Crippen LogP contribution in [0.25, 0.3) is 0 Å². The van der Waals surface area contributed by atoms with Crippen molar-refractivity contribution in [2.24, 2.45) is 0 Å². The highest BCUT2D eigenvalue weighted by molar-refractivity contribution is 7.56. The van der Waals surface area contributed by atoms with E-state index in [4.69, 9.17) is 0 Å². The van der Waals surface area contributed by atoms with Gasteiger partial charge in [-0.25, -0.2) is 0 Å². The van der Waals surface area contributed by atoms with Crippen LogP contribution >= 0.6 is 7.92 Å². The molecular weight excluding hydrogens is 163 g/mol. The Morgan fingerprint density at radius 3 is 2.25 bits per heavy atom. The average Bonchev–Trinajstić information content (AvgIpc) is 2.06. The van der Waals surface area contributed by atoms with E-state index < -0.39 is 0 Å². The Labute approximate surface area is 76.8 Å². The van der Waals surface area contributed by atoms with E-state index in [1.807, 2.05) is 0 Å². The Balaban J connectivity index is 2.53. The van der Waals surface area contributed by atoms with Gasteiger partial charge in [-0.2, -0.15) is 0 Å². The molecule has 0 amide bonds. The molecule has 0 aliphatic rings. The first kappa shape index (κ1) is 9.74. The molecule has 0 heterocycles. The maximum Gasteiger partial charge on any atom is -0.0202 e. The summed E-state index contributed by atoms with van der Waals surface area (Å²) in [6.07, 6.45) is 1.24. The molecule has 1 aromatic carbocycles. The van der Waals surface area contributed by atoms with Gasteiger partial charge in [0, 0.05) is 0 Å². The third kappa shape index (κ3) is 2.95. The summed E-state index contributed by atoms with van der Waals surface area (Å²) in [6, 6.07) is 10.8. The van der Waals surface area contributed by atoms with Gasteiger partial charge in [0.25, 0.3) is 0 Å². The number of benzene rings is 1. The molecule has 66 valence electrons. The third-order valence-corrected chi connectivity index (χ3v) is 4.20. The molecule has 1 atom stereocenters. The summed E-state index contributed by atoms with van der Waals surface area (Å²) in [5.74, 6) is 0. The molecule has 0 radical (unpaired) electrons. The van der Waals surface area contributed by atoms with Gasteiger partial charge in [0.15, 0.2) is 0 Å². The van der Waals surface area contributed by atoms with Crippen molar-refractivity contribution < 1.29 is 0 Å². The van der Waals surface area contributed by atoms with Gasteiger partial charge in [-0.3, -0.25) is 0 Å². The predicted octanol–water partition coefficient (Wildman–Crippen LogP) is 3.36. The number of rotatable bonds is 3. The molecular formula is C11H17P. The lowest BCUT2D eigenvalue weighted by Crippen LogP contribution is -2.02. The molecule has 0 aliphatic carbocycles. The molecule has 0 nitrogen and oxygen atoms in total. The van der Waals surface area contributed by atoms with Crippen molar-refractivity contribution in [1.29, 1.82) is 0 Å². The van der Waals surface area contributed by atoms with Gasteiger partial charge in [-0.1, -0.05) is 37.3 Å². The summed E-state index contributed by atoms with van der Waals surface area (Å²) in [4.78, 5) is 0. The highest BCUT2D eigenvalue weighted by atomic mass is 31.1. The Hall–Kier alpha value is -0.350. The maximum absolute atomic E-state index is 2.35. The number of hydrogen-bond donors (Lipinski definition) is 0. The minimum Gasteiger partial charge on any atom is -0.110 e. The van der Waals surface area contributed by atoms with Crippen molar-refractivity contribution in [3.63, 3.8) is 0 Å². The summed E-state index contributed by atoms with van der Waals surface area (Å²) in [5, 5.41) is 0. The van der Waals surface area contributed by atoms with Gasteiger partial charge in [-0.15, -0.1) is 7.92 Å². The first-order valence-corrected chi connectivity index (χ1v) is 6.71. The van der Waals surface area contributed by atoms with Crippen LogP contribution in [0.1, 0.15) is 12.5 Å². The van der Waals surface area contributed by atoms with Gasteiger partial charge in [-0.05, 0) is 31.0 Å². The number of hydrogen-bond acceptors (Lipinski definition) is 0. The Morgan fingerprint density at radius 2 is 1.75 bits per heavy atom. The molecule has 0 saturated heterocycles. The normalized spacial score (nSPS) is 13.3. The molecule has 0 saturated carbocycles. The average molecular weight is 180 g/mol.